The van der Waals surface area contributed by atoms with Crippen LogP contribution in [-0.4, -0.2) is 9.78 Å². The van der Waals surface area contributed by atoms with Gasteiger partial charge < -0.3 is 0 Å². The number of rotatable bonds is 2. The van der Waals surface area contributed by atoms with Gasteiger partial charge in [0.2, 0.25) is 0 Å². The van der Waals surface area contributed by atoms with Crippen LogP contribution in [0.25, 0.3) is 16.1 Å². The monoisotopic (exact) mass is 199 g/mol. The Morgan fingerprint density at radius 1 is 1.33 bits per heavy atom. The van der Waals surface area contributed by atoms with Crippen molar-refractivity contribution >= 4 is 5.69 Å². The molecule has 0 amide bonds. The van der Waals surface area contributed by atoms with Crippen LogP contribution in [0.3, 0.4) is 0 Å². The lowest BCUT2D eigenvalue weighted by molar-refractivity contribution is 0.862. The lowest BCUT2D eigenvalue weighted by Gasteiger charge is -2.03. The molecule has 0 aliphatic carbocycles. The summed E-state index contributed by atoms with van der Waals surface area (Å²) in [5.41, 5.74) is 10.7. The van der Waals surface area contributed by atoms with Crippen molar-refractivity contribution < 1.29 is 0 Å². The molecule has 0 radical (unpaired) electrons. The Balaban J connectivity index is 2.56. The minimum absolute atomic E-state index is 0.572. The zero-order valence-electron chi connectivity index (χ0n) is 8.20. The van der Waals surface area contributed by atoms with E-state index in [4.69, 9.17) is 5.53 Å². The van der Waals surface area contributed by atoms with Crippen LogP contribution >= 0.6 is 0 Å². The van der Waals surface area contributed by atoms with E-state index < -0.39 is 0 Å². The Labute approximate surface area is 86.6 Å². The van der Waals surface area contributed by atoms with Crippen molar-refractivity contribution in [3.63, 3.8) is 0 Å². The zero-order valence-corrected chi connectivity index (χ0v) is 8.20. The molecule has 74 valence electrons. The summed E-state index contributed by atoms with van der Waals surface area (Å²) in [4.78, 5) is 2.78. The molecule has 0 N–H and O–H groups in total. The summed E-state index contributed by atoms with van der Waals surface area (Å²) in [5, 5.41) is 7.87. The summed E-state index contributed by atoms with van der Waals surface area (Å²) >= 11 is 0. The van der Waals surface area contributed by atoms with Gasteiger partial charge in [0.25, 0.3) is 0 Å². The van der Waals surface area contributed by atoms with E-state index in [0.29, 0.717) is 5.69 Å². The van der Waals surface area contributed by atoms with E-state index in [1.807, 2.05) is 37.4 Å². The van der Waals surface area contributed by atoms with Crippen LogP contribution < -0.4 is 0 Å². The Kier molecular flexibility index (Phi) is 2.39. The van der Waals surface area contributed by atoms with E-state index in [9.17, 15) is 0 Å². The number of benzene rings is 1. The molecule has 0 aliphatic rings. The maximum Gasteiger partial charge on any atom is 0.0741 e. The zero-order chi connectivity index (χ0) is 10.7. The Morgan fingerprint density at radius 3 is 2.80 bits per heavy atom. The predicted octanol–water partition coefficient (Wildman–Crippen LogP) is 3.12. The van der Waals surface area contributed by atoms with E-state index in [-0.39, 0.29) is 0 Å². The van der Waals surface area contributed by atoms with Crippen LogP contribution in [0.5, 0.6) is 0 Å². The molecule has 0 spiro atoms. The maximum absolute atomic E-state index is 8.42. The third kappa shape index (κ3) is 1.82. The van der Waals surface area contributed by atoms with Gasteiger partial charge in [0, 0.05) is 11.1 Å². The molecular formula is C10H9N5. The number of aromatic nitrogens is 2. The fraction of sp³-hybridized carbons (Fsp3) is 0.100. The van der Waals surface area contributed by atoms with Crippen molar-refractivity contribution in [3.8, 4) is 5.69 Å². The third-order valence-electron chi connectivity index (χ3n) is 2.00. The van der Waals surface area contributed by atoms with Gasteiger partial charge in [-0.25, -0.2) is 4.68 Å². The van der Waals surface area contributed by atoms with Crippen LogP contribution in [0.1, 0.15) is 5.69 Å². The molecule has 0 atom stereocenters. The highest BCUT2D eigenvalue weighted by atomic mass is 15.3. The second-order valence-electron chi connectivity index (χ2n) is 3.08. The predicted molar refractivity (Wildman–Crippen MR) is 57.1 cm³/mol. The second-order valence-corrected chi connectivity index (χ2v) is 3.08. The van der Waals surface area contributed by atoms with Crippen molar-refractivity contribution in [2.45, 2.75) is 6.92 Å². The molecule has 0 fully saturated rings. The molecule has 5 nitrogen and oxygen atoms in total. The number of hydrogen-bond acceptors (Lipinski definition) is 2. The van der Waals surface area contributed by atoms with Gasteiger partial charge in [-0.1, -0.05) is 23.3 Å². The first kappa shape index (κ1) is 9.30. The first-order valence-electron chi connectivity index (χ1n) is 4.48. The summed E-state index contributed by atoms with van der Waals surface area (Å²) in [6.07, 6.45) is 1.83. The molecule has 15 heavy (non-hydrogen) atoms. The number of para-hydroxylation sites is 1. The summed E-state index contributed by atoms with van der Waals surface area (Å²) < 4.78 is 1.69. The Morgan fingerprint density at radius 2 is 2.13 bits per heavy atom. The van der Waals surface area contributed by atoms with E-state index in [0.717, 1.165) is 11.4 Å². The Bertz CT molecular complexity index is 522. The van der Waals surface area contributed by atoms with Gasteiger partial charge in [0.1, 0.15) is 0 Å². The first-order chi connectivity index (χ1) is 7.31. The lowest BCUT2D eigenvalue weighted by atomic mass is 10.3. The number of azide groups is 1. The molecule has 2 rings (SSSR count). The van der Waals surface area contributed by atoms with Crippen molar-refractivity contribution in [2.75, 3.05) is 0 Å². The van der Waals surface area contributed by atoms with Gasteiger partial charge in [-0.2, -0.15) is 5.10 Å². The molecule has 0 aliphatic heterocycles. The van der Waals surface area contributed by atoms with Crippen LogP contribution in [0.15, 0.2) is 41.6 Å². The van der Waals surface area contributed by atoms with Gasteiger partial charge >= 0.3 is 0 Å². The van der Waals surface area contributed by atoms with Crippen LogP contribution in [0, 0.1) is 6.92 Å². The fourth-order valence-electron chi connectivity index (χ4n) is 1.34. The third-order valence-corrected chi connectivity index (χ3v) is 2.00. The van der Waals surface area contributed by atoms with Crippen LogP contribution in [0.2, 0.25) is 0 Å². The minimum Gasteiger partial charge on any atom is -0.240 e. The maximum atomic E-state index is 8.42. The quantitative estimate of drug-likeness (QED) is 0.416. The van der Waals surface area contributed by atoms with E-state index in [1.165, 1.54) is 0 Å². The SMILES string of the molecule is Cc1ccn(-c2ccccc2N=[N+]=[N-])n1. The summed E-state index contributed by atoms with van der Waals surface area (Å²) in [7, 11) is 0. The van der Waals surface area contributed by atoms with E-state index >= 15 is 0 Å². The summed E-state index contributed by atoms with van der Waals surface area (Å²) in [6, 6.07) is 9.21. The van der Waals surface area contributed by atoms with Crippen molar-refractivity contribution in [3.05, 3.63) is 52.7 Å². The molecule has 1 aromatic carbocycles. The van der Waals surface area contributed by atoms with E-state index in [2.05, 4.69) is 15.1 Å². The molecule has 0 unspecified atom stereocenters. The lowest BCUT2D eigenvalue weighted by Crippen LogP contribution is -1.94. The van der Waals surface area contributed by atoms with Gasteiger partial charge in [0.05, 0.1) is 17.1 Å². The second kappa shape index (κ2) is 3.86. The summed E-state index contributed by atoms with van der Waals surface area (Å²) in [6.45, 7) is 1.91. The first-order valence-corrected chi connectivity index (χ1v) is 4.48. The smallest absolute Gasteiger partial charge is 0.0741 e. The topological polar surface area (TPSA) is 66.6 Å². The Hall–Kier alpha value is -2.26. The van der Waals surface area contributed by atoms with Gasteiger partial charge in [-0.3, -0.25) is 0 Å². The van der Waals surface area contributed by atoms with Gasteiger partial charge in [0.15, 0.2) is 0 Å². The molecule has 0 saturated heterocycles. The highest BCUT2D eigenvalue weighted by molar-refractivity contribution is 5.56. The number of aryl methyl sites for hydroxylation is 1. The highest BCUT2D eigenvalue weighted by Gasteiger charge is 2.02. The largest absolute Gasteiger partial charge is 0.240 e. The standard InChI is InChI=1S/C10H9N5/c1-8-6-7-15(13-8)10-5-3-2-4-9(10)12-14-11/h2-7H,1H3. The van der Waals surface area contributed by atoms with Crippen molar-refractivity contribution in [2.24, 2.45) is 5.11 Å². The average molecular weight is 199 g/mol. The number of nitrogens with zero attached hydrogens (tertiary/aromatic N) is 5. The van der Waals surface area contributed by atoms with Gasteiger partial charge in [-0.15, -0.1) is 0 Å². The molecular weight excluding hydrogens is 190 g/mol. The molecule has 0 bridgehead atoms. The number of hydrogen-bond donors (Lipinski definition) is 0. The molecule has 0 saturated carbocycles. The van der Waals surface area contributed by atoms with E-state index in [1.54, 1.807) is 10.7 Å². The molecule has 2 aromatic rings. The van der Waals surface area contributed by atoms with Crippen LogP contribution in [0.4, 0.5) is 5.69 Å². The highest BCUT2D eigenvalue weighted by Crippen LogP contribution is 2.22. The minimum atomic E-state index is 0.572. The van der Waals surface area contributed by atoms with Crippen molar-refractivity contribution in [1.82, 2.24) is 9.78 Å². The molecule has 5 heteroatoms. The molecule has 1 heterocycles. The molecule has 1 aromatic heterocycles. The van der Waals surface area contributed by atoms with Gasteiger partial charge in [-0.05, 0) is 24.6 Å². The average Bonchev–Trinajstić information content (AvgIpc) is 2.66. The van der Waals surface area contributed by atoms with Crippen molar-refractivity contribution in [1.29, 1.82) is 0 Å². The normalized spacial score (nSPS) is 9.67. The fourth-order valence-corrected chi connectivity index (χ4v) is 1.34. The summed E-state index contributed by atoms with van der Waals surface area (Å²) in [5.74, 6) is 0. The van der Waals surface area contributed by atoms with Crippen LogP contribution in [-0.2, 0) is 0 Å².